The topological polar surface area (TPSA) is 63.2 Å². The van der Waals surface area contributed by atoms with E-state index in [4.69, 9.17) is 21.9 Å². The highest BCUT2D eigenvalue weighted by Gasteiger charge is 2.25. The van der Waals surface area contributed by atoms with Gasteiger partial charge in [-0.25, -0.2) is 9.78 Å². The summed E-state index contributed by atoms with van der Waals surface area (Å²) in [5.41, 5.74) is 3.56. The predicted molar refractivity (Wildman–Crippen MR) is 134 cm³/mol. The number of nitrogens with one attached hydrogen (secondary N) is 2. The second-order valence-electron chi connectivity index (χ2n) is 7.64. The third-order valence-corrected chi connectivity index (χ3v) is 7.52. The highest BCUT2D eigenvalue weighted by Crippen LogP contribution is 2.40. The van der Waals surface area contributed by atoms with Crippen molar-refractivity contribution in [3.05, 3.63) is 51.3 Å². The SMILES string of the molecule is CCOC(=O)c1c(NC(=S)Nc2nc3c(s2)CC(C)CC3)sc(C)c1-c1ccccc1. The van der Waals surface area contributed by atoms with Gasteiger partial charge in [0.1, 0.15) is 10.6 Å². The molecule has 0 fully saturated rings. The van der Waals surface area contributed by atoms with Crippen molar-refractivity contribution in [2.45, 2.75) is 40.0 Å². The Balaban J connectivity index is 1.59. The smallest absolute Gasteiger partial charge is 0.341 e. The summed E-state index contributed by atoms with van der Waals surface area (Å²) in [5.74, 6) is 0.346. The number of thiocarbonyl (C=S) groups is 1. The minimum atomic E-state index is -0.352. The third-order valence-electron chi connectivity index (χ3n) is 5.26. The van der Waals surface area contributed by atoms with Crippen LogP contribution in [0.1, 0.15) is 46.1 Å². The molecule has 2 aromatic heterocycles. The normalized spacial score (nSPS) is 15.3. The van der Waals surface area contributed by atoms with Gasteiger partial charge in [-0.1, -0.05) is 37.3 Å². The van der Waals surface area contributed by atoms with Gasteiger partial charge in [-0.3, -0.25) is 0 Å². The zero-order valence-corrected chi connectivity index (χ0v) is 20.2. The lowest BCUT2D eigenvalue weighted by Gasteiger charge is -2.15. The van der Waals surface area contributed by atoms with Gasteiger partial charge in [0.05, 0.1) is 12.3 Å². The average molecular weight is 472 g/mol. The van der Waals surface area contributed by atoms with Crippen LogP contribution in [-0.2, 0) is 17.6 Å². The largest absolute Gasteiger partial charge is 0.462 e. The molecule has 0 saturated carbocycles. The Morgan fingerprint density at radius 3 is 2.77 bits per heavy atom. The Kier molecular flexibility index (Phi) is 6.69. The maximum absolute atomic E-state index is 12.8. The number of hydrogen-bond acceptors (Lipinski definition) is 6. The number of aromatic nitrogens is 1. The zero-order valence-electron chi connectivity index (χ0n) is 17.8. The van der Waals surface area contributed by atoms with Crippen LogP contribution in [0, 0.1) is 12.8 Å². The summed E-state index contributed by atoms with van der Waals surface area (Å²) in [6.45, 7) is 6.41. The molecule has 0 bridgehead atoms. The monoisotopic (exact) mass is 471 g/mol. The average Bonchev–Trinajstić information content (AvgIpc) is 3.27. The van der Waals surface area contributed by atoms with Gasteiger partial charge in [0.2, 0.25) is 0 Å². The molecule has 2 N–H and O–H groups in total. The van der Waals surface area contributed by atoms with E-state index in [0.717, 1.165) is 34.0 Å². The second kappa shape index (κ2) is 9.46. The first-order valence-corrected chi connectivity index (χ1v) is 12.4. The van der Waals surface area contributed by atoms with Gasteiger partial charge in [0, 0.05) is 15.3 Å². The van der Waals surface area contributed by atoms with Crippen LogP contribution in [0.25, 0.3) is 11.1 Å². The molecule has 1 unspecified atom stereocenters. The Bertz CT molecular complexity index is 1100. The third kappa shape index (κ3) is 4.81. The van der Waals surface area contributed by atoms with Crippen LogP contribution in [0.2, 0.25) is 0 Å². The molecule has 2 heterocycles. The van der Waals surface area contributed by atoms with Crippen molar-refractivity contribution >= 4 is 56.1 Å². The Labute approximate surface area is 195 Å². The summed E-state index contributed by atoms with van der Waals surface area (Å²) in [6, 6.07) is 9.89. The van der Waals surface area contributed by atoms with Gasteiger partial charge in [0.15, 0.2) is 10.2 Å². The van der Waals surface area contributed by atoms with Crippen LogP contribution in [0.5, 0.6) is 0 Å². The van der Waals surface area contributed by atoms with E-state index in [9.17, 15) is 4.79 Å². The van der Waals surface area contributed by atoms with Gasteiger partial charge in [-0.15, -0.1) is 22.7 Å². The number of thiophene rings is 1. The van der Waals surface area contributed by atoms with E-state index in [1.807, 2.05) is 44.2 Å². The fourth-order valence-electron chi connectivity index (χ4n) is 3.81. The number of anilines is 2. The fourth-order valence-corrected chi connectivity index (χ4v) is 6.38. The van der Waals surface area contributed by atoms with Crippen LogP contribution in [-0.4, -0.2) is 22.7 Å². The van der Waals surface area contributed by atoms with Crippen molar-refractivity contribution in [1.29, 1.82) is 0 Å². The van der Waals surface area contributed by atoms with Gasteiger partial charge in [0.25, 0.3) is 0 Å². The highest BCUT2D eigenvalue weighted by atomic mass is 32.1. The lowest BCUT2D eigenvalue weighted by atomic mass is 9.93. The summed E-state index contributed by atoms with van der Waals surface area (Å²) in [6.07, 6.45) is 3.28. The highest BCUT2D eigenvalue weighted by molar-refractivity contribution is 7.80. The number of rotatable bonds is 5. The van der Waals surface area contributed by atoms with Crippen molar-refractivity contribution in [2.24, 2.45) is 5.92 Å². The van der Waals surface area contributed by atoms with Crippen LogP contribution in [0.4, 0.5) is 10.1 Å². The standard InChI is InChI=1S/C23H25N3O2S3/c1-4-28-21(27)19-18(15-8-6-5-7-9-15)14(3)30-20(19)25-22(29)26-23-24-16-11-10-13(2)12-17(16)31-23/h5-9,13H,4,10-12H2,1-3H3,(H2,24,25,26,29). The van der Waals surface area contributed by atoms with Gasteiger partial charge < -0.3 is 15.4 Å². The number of fused-ring (bicyclic) bond motifs is 1. The van der Waals surface area contributed by atoms with Crippen molar-refractivity contribution in [3.63, 3.8) is 0 Å². The molecule has 1 aromatic carbocycles. The van der Waals surface area contributed by atoms with Crippen molar-refractivity contribution < 1.29 is 9.53 Å². The van der Waals surface area contributed by atoms with Crippen molar-refractivity contribution in [3.8, 4) is 11.1 Å². The number of carbonyl (C=O) groups is 1. The first kappa shape index (κ1) is 21.9. The predicted octanol–water partition coefficient (Wildman–Crippen LogP) is 6.29. The van der Waals surface area contributed by atoms with Crippen LogP contribution in [0.3, 0.4) is 0 Å². The molecular weight excluding hydrogens is 446 g/mol. The molecule has 1 aliphatic carbocycles. The molecule has 31 heavy (non-hydrogen) atoms. The van der Waals surface area contributed by atoms with Crippen molar-refractivity contribution in [1.82, 2.24) is 4.98 Å². The molecule has 1 atom stereocenters. The number of ether oxygens (including phenoxy) is 1. The van der Waals surface area contributed by atoms with Gasteiger partial charge in [-0.2, -0.15) is 0 Å². The van der Waals surface area contributed by atoms with E-state index in [1.165, 1.54) is 28.3 Å². The number of hydrogen-bond donors (Lipinski definition) is 2. The van der Waals surface area contributed by atoms with E-state index in [1.54, 1.807) is 11.3 Å². The molecule has 162 valence electrons. The van der Waals surface area contributed by atoms with E-state index >= 15 is 0 Å². The molecular formula is C23H25N3O2S3. The summed E-state index contributed by atoms with van der Waals surface area (Å²) >= 11 is 8.72. The second-order valence-corrected chi connectivity index (χ2v) is 10.4. The Hall–Kier alpha value is -2.29. The van der Waals surface area contributed by atoms with E-state index in [0.29, 0.717) is 28.2 Å². The summed E-state index contributed by atoms with van der Waals surface area (Å²) < 4.78 is 5.36. The number of esters is 1. The molecule has 0 amide bonds. The number of carbonyl (C=O) groups excluding carboxylic acids is 1. The lowest BCUT2D eigenvalue weighted by Crippen LogP contribution is -2.20. The van der Waals surface area contributed by atoms with E-state index < -0.39 is 0 Å². The quantitative estimate of drug-likeness (QED) is 0.337. The molecule has 3 aromatic rings. The summed E-state index contributed by atoms with van der Waals surface area (Å²) in [4.78, 5) is 19.9. The molecule has 0 aliphatic heterocycles. The van der Waals surface area contributed by atoms with Crippen LogP contribution >= 0.6 is 34.9 Å². The van der Waals surface area contributed by atoms with Crippen molar-refractivity contribution in [2.75, 3.05) is 17.2 Å². The Morgan fingerprint density at radius 2 is 2.03 bits per heavy atom. The van der Waals surface area contributed by atoms with Crippen LogP contribution < -0.4 is 10.6 Å². The number of thiazole rings is 1. The minimum Gasteiger partial charge on any atom is -0.462 e. The van der Waals surface area contributed by atoms with Gasteiger partial charge in [-0.05, 0) is 56.8 Å². The maximum Gasteiger partial charge on any atom is 0.341 e. The van der Waals surface area contributed by atoms with E-state index in [-0.39, 0.29) is 5.97 Å². The summed E-state index contributed by atoms with van der Waals surface area (Å²) in [7, 11) is 0. The van der Waals surface area contributed by atoms with E-state index in [2.05, 4.69) is 17.6 Å². The number of benzene rings is 1. The molecule has 0 saturated heterocycles. The van der Waals surface area contributed by atoms with Gasteiger partial charge >= 0.3 is 5.97 Å². The molecule has 4 rings (SSSR count). The molecule has 0 spiro atoms. The number of aryl methyl sites for hydroxylation is 2. The molecule has 0 radical (unpaired) electrons. The first-order chi connectivity index (χ1) is 15.0. The number of nitrogens with zero attached hydrogens (tertiary/aromatic N) is 1. The lowest BCUT2D eigenvalue weighted by molar-refractivity contribution is 0.0529. The minimum absolute atomic E-state index is 0.313. The zero-order chi connectivity index (χ0) is 22.0. The fraction of sp³-hybridized carbons (Fsp3) is 0.348. The first-order valence-electron chi connectivity index (χ1n) is 10.4. The Morgan fingerprint density at radius 1 is 1.26 bits per heavy atom. The molecule has 5 nitrogen and oxygen atoms in total. The van der Waals surface area contributed by atoms with Crippen LogP contribution in [0.15, 0.2) is 30.3 Å². The summed E-state index contributed by atoms with van der Waals surface area (Å²) in [5, 5.41) is 8.34. The molecule has 1 aliphatic rings. The maximum atomic E-state index is 12.8. The molecule has 8 heteroatoms.